The summed E-state index contributed by atoms with van der Waals surface area (Å²) in [4.78, 5) is 27.1. The Bertz CT molecular complexity index is 830. The number of carbonyl (C=O) groups is 2. The number of hydrogen-bond acceptors (Lipinski definition) is 3. The molecule has 1 saturated heterocycles. The van der Waals surface area contributed by atoms with E-state index in [1.807, 2.05) is 43.3 Å². The van der Waals surface area contributed by atoms with Crippen LogP contribution in [0.15, 0.2) is 48.5 Å². The van der Waals surface area contributed by atoms with E-state index in [0.717, 1.165) is 30.8 Å². The van der Waals surface area contributed by atoms with Crippen molar-refractivity contribution in [3.63, 3.8) is 0 Å². The zero-order valence-corrected chi connectivity index (χ0v) is 17.2. The molecule has 0 radical (unpaired) electrons. The number of hydrogen-bond donors (Lipinski definition) is 3. The largest absolute Gasteiger partial charge is 0.338 e. The van der Waals surface area contributed by atoms with Gasteiger partial charge in [0.15, 0.2) is 0 Å². The van der Waals surface area contributed by atoms with Crippen LogP contribution < -0.4 is 16.0 Å². The molecule has 0 atom stereocenters. The number of urea groups is 1. The van der Waals surface area contributed by atoms with E-state index in [-0.39, 0.29) is 11.9 Å². The van der Waals surface area contributed by atoms with Crippen molar-refractivity contribution in [2.75, 3.05) is 37.3 Å². The number of nitrogens with one attached hydrogen (secondary N) is 3. The maximum atomic E-state index is 12.5. The Morgan fingerprint density at radius 1 is 1.03 bits per heavy atom. The Morgan fingerprint density at radius 3 is 2.48 bits per heavy atom. The molecule has 0 spiro atoms. The molecule has 3 N–H and O–H groups in total. The van der Waals surface area contributed by atoms with Crippen molar-refractivity contribution in [2.45, 2.75) is 26.2 Å². The van der Waals surface area contributed by atoms with Gasteiger partial charge in [0.25, 0.3) is 5.91 Å². The first-order valence-electron chi connectivity index (χ1n) is 10.2. The normalized spacial score (nSPS) is 15.0. The third-order valence-electron chi connectivity index (χ3n) is 5.46. The molecule has 3 rings (SSSR count). The molecular formula is C23H30N4O2. The summed E-state index contributed by atoms with van der Waals surface area (Å²) in [5, 5.41) is 8.68. The number of rotatable bonds is 6. The van der Waals surface area contributed by atoms with Crippen molar-refractivity contribution in [1.82, 2.24) is 10.2 Å². The highest BCUT2D eigenvalue weighted by molar-refractivity contribution is 6.05. The molecule has 0 aromatic heterocycles. The van der Waals surface area contributed by atoms with Gasteiger partial charge >= 0.3 is 6.03 Å². The minimum atomic E-state index is -0.235. The summed E-state index contributed by atoms with van der Waals surface area (Å²) in [5.74, 6) is 0.472. The van der Waals surface area contributed by atoms with Crippen molar-refractivity contribution >= 4 is 23.3 Å². The monoisotopic (exact) mass is 394 g/mol. The summed E-state index contributed by atoms with van der Waals surface area (Å²) in [5.41, 5.74) is 2.79. The van der Waals surface area contributed by atoms with Gasteiger partial charge in [-0.2, -0.15) is 0 Å². The second-order valence-corrected chi connectivity index (χ2v) is 7.77. The van der Waals surface area contributed by atoms with Crippen LogP contribution in [0.4, 0.5) is 16.2 Å². The second kappa shape index (κ2) is 10.1. The van der Waals surface area contributed by atoms with E-state index in [4.69, 9.17) is 0 Å². The number of aryl methyl sites for hydroxylation is 1. The lowest BCUT2D eigenvalue weighted by Gasteiger charge is -2.28. The molecule has 154 valence electrons. The minimum absolute atomic E-state index is 0.207. The number of amides is 3. The molecule has 1 heterocycles. The smallest absolute Gasteiger partial charge is 0.319 e. The van der Waals surface area contributed by atoms with Gasteiger partial charge in [-0.1, -0.05) is 24.3 Å². The summed E-state index contributed by atoms with van der Waals surface area (Å²) in [6.45, 7) is 4.84. The third kappa shape index (κ3) is 6.32. The quantitative estimate of drug-likeness (QED) is 0.691. The summed E-state index contributed by atoms with van der Waals surface area (Å²) in [6.07, 6.45) is 3.38. The molecule has 3 amide bonds. The number of benzene rings is 2. The van der Waals surface area contributed by atoms with E-state index in [1.54, 1.807) is 12.1 Å². The molecule has 1 aliphatic heterocycles. The maximum Gasteiger partial charge on any atom is 0.319 e. The SMILES string of the molecule is Cc1ccc(C(=O)Nc2ccccc2)cc1NC(=O)NCCC1CCN(C)CC1. The minimum Gasteiger partial charge on any atom is -0.338 e. The summed E-state index contributed by atoms with van der Waals surface area (Å²) in [7, 11) is 2.15. The zero-order valence-electron chi connectivity index (χ0n) is 17.2. The van der Waals surface area contributed by atoms with Gasteiger partial charge in [0.2, 0.25) is 0 Å². The fourth-order valence-electron chi connectivity index (χ4n) is 3.53. The number of piperidine rings is 1. The van der Waals surface area contributed by atoms with Crippen LogP contribution in [0.25, 0.3) is 0 Å². The highest BCUT2D eigenvalue weighted by Gasteiger charge is 2.16. The molecule has 1 aliphatic rings. The fourth-order valence-corrected chi connectivity index (χ4v) is 3.53. The highest BCUT2D eigenvalue weighted by atomic mass is 16.2. The third-order valence-corrected chi connectivity index (χ3v) is 5.46. The molecule has 29 heavy (non-hydrogen) atoms. The Kier molecular flexibility index (Phi) is 7.25. The lowest BCUT2D eigenvalue weighted by Crippen LogP contribution is -2.34. The average molecular weight is 395 g/mol. The second-order valence-electron chi connectivity index (χ2n) is 7.77. The number of para-hydroxylation sites is 1. The van der Waals surface area contributed by atoms with Crippen molar-refractivity contribution < 1.29 is 9.59 Å². The first kappa shape index (κ1) is 20.9. The first-order chi connectivity index (χ1) is 14.0. The Hall–Kier alpha value is -2.86. The van der Waals surface area contributed by atoms with Crippen LogP contribution >= 0.6 is 0 Å². The van der Waals surface area contributed by atoms with Crippen LogP contribution in [0.5, 0.6) is 0 Å². The van der Waals surface area contributed by atoms with Crippen molar-refractivity contribution in [2.24, 2.45) is 5.92 Å². The molecular weight excluding hydrogens is 364 g/mol. The standard InChI is InChI=1S/C23H30N4O2/c1-17-8-9-19(22(28)25-20-6-4-3-5-7-20)16-21(17)26-23(29)24-13-10-18-11-14-27(2)15-12-18/h3-9,16,18H,10-15H2,1-2H3,(H,25,28)(H2,24,26,29). The number of carbonyl (C=O) groups excluding carboxylic acids is 2. The Balaban J connectivity index is 1.51. The molecule has 0 aliphatic carbocycles. The van der Waals surface area contributed by atoms with Gasteiger partial charge in [0, 0.05) is 23.5 Å². The van der Waals surface area contributed by atoms with E-state index in [9.17, 15) is 9.59 Å². The van der Waals surface area contributed by atoms with E-state index < -0.39 is 0 Å². The number of anilines is 2. The van der Waals surface area contributed by atoms with E-state index in [1.165, 1.54) is 12.8 Å². The molecule has 2 aromatic carbocycles. The molecule has 6 nitrogen and oxygen atoms in total. The first-order valence-corrected chi connectivity index (χ1v) is 10.2. The van der Waals surface area contributed by atoms with Crippen LogP contribution in [0, 0.1) is 12.8 Å². The lowest BCUT2D eigenvalue weighted by atomic mass is 9.94. The summed E-state index contributed by atoms with van der Waals surface area (Å²) in [6, 6.07) is 14.4. The molecule has 6 heteroatoms. The number of likely N-dealkylation sites (tertiary alicyclic amines) is 1. The van der Waals surface area contributed by atoms with Gasteiger partial charge in [-0.05, 0) is 82.1 Å². The summed E-state index contributed by atoms with van der Waals surface area (Å²) < 4.78 is 0. The van der Waals surface area contributed by atoms with E-state index in [0.29, 0.717) is 23.7 Å². The van der Waals surface area contributed by atoms with Crippen molar-refractivity contribution in [3.8, 4) is 0 Å². The molecule has 1 fully saturated rings. The predicted octanol–water partition coefficient (Wildman–Crippen LogP) is 4.10. The van der Waals surface area contributed by atoms with Crippen molar-refractivity contribution in [3.05, 3.63) is 59.7 Å². The Labute approximate surface area is 172 Å². The lowest BCUT2D eigenvalue weighted by molar-refractivity contribution is 0.102. The zero-order chi connectivity index (χ0) is 20.6. The van der Waals surface area contributed by atoms with Crippen LogP contribution in [-0.2, 0) is 0 Å². The van der Waals surface area contributed by atoms with Gasteiger partial charge in [-0.25, -0.2) is 4.79 Å². The van der Waals surface area contributed by atoms with Crippen LogP contribution in [0.3, 0.4) is 0 Å². The van der Waals surface area contributed by atoms with Gasteiger partial charge in [0.1, 0.15) is 0 Å². The molecule has 0 saturated carbocycles. The van der Waals surface area contributed by atoms with Crippen molar-refractivity contribution in [1.29, 1.82) is 0 Å². The van der Waals surface area contributed by atoms with Gasteiger partial charge in [-0.15, -0.1) is 0 Å². The van der Waals surface area contributed by atoms with Crippen LogP contribution in [-0.4, -0.2) is 43.5 Å². The van der Waals surface area contributed by atoms with Crippen LogP contribution in [0.2, 0.25) is 0 Å². The average Bonchev–Trinajstić information content (AvgIpc) is 2.72. The molecule has 0 bridgehead atoms. The topological polar surface area (TPSA) is 73.5 Å². The molecule has 2 aromatic rings. The van der Waals surface area contributed by atoms with E-state index >= 15 is 0 Å². The van der Waals surface area contributed by atoms with Gasteiger partial charge in [0.05, 0.1) is 0 Å². The molecule has 0 unspecified atom stereocenters. The van der Waals surface area contributed by atoms with Gasteiger partial charge in [-0.3, -0.25) is 4.79 Å². The van der Waals surface area contributed by atoms with Gasteiger partial charge < -0.3 is 20.9 Å². The maximum absolute atomic E-state index is 12.5. The predicted molar refractivity (Wildman–Crippen MR) is 117 cm³/mol. The number of nitrogens with zero attached hydrogens (tertiary/aromatic N) is 1. The van der Waals surface area contributed by atoms with E-state index in [2.05, 4.69) is 27.9 Å². The highest BCUT2D eigenvalue weighted by Crippen LogP contribution is 2.20. The Morgan fingerprint density at radius 2 is 1.76 bits per heavy atom. The summed E-state index contributed by atoms with van der Waals surface area (Å²) >= 11 is 0. The fraction of sp³-hybridized carbons (Fsp3) is 0.391. The van der Waals surface area contributed by atoms with Crippen LogP contribution in [0.1, 0.15) is 35.2 Å².